The summed E-state index contributed by atoms with van der Waals surface area (Å²) >= 11 is 0. The predicted octanol–water partition coefficient (Wildman–Crippen LogP) is 1.17. The summed E-state index contributed by atoms with van der Waals surface area (Å²) in [4.78, 5) is 16.9. The largest absolute Gasteiger partial charge is 0.389 e. The van der Waals surface area contributed by atoms with Crippen LogP contribution in [-0.4, -0.2) is 82.3 Å². The van der Waals surface area contributed by atoms with Crippen molar-refractivity contribution in [2.24, 2.45) is 0 Å². The molecular weight excluding hydrogens is 346 g/mol. The van der Waals surface area contributed by atoms with Crippen LogP contribution in [0.25, 0.3) is 5.69 Å². The number of hydrogen-bond donors (Lipinski definition) is 2. The molecule has 8 heteroatoms. The van der Waals surface area contributed by atoms with E-state index in [1.54, 1.807) is 10.9 Å². The van der Waals surface area contributed by atoms with Gasteiger partial charge in [0.2, 0.25) is 0 Å². The molecule has 1 aromatic heterocycles. The Labute approximate surface area is 158 Å². The fraction of sp³-hybridized carbons (Fsp3) is 0.474. The van der Waals surface area contributed by atoms with E-state index in [1.165, 1.54) is 0 Å². The van der Waals surface area contributed by atoms with Crippen LogP contribution in [0.1, 0.15) is 6.42 Å². The van der Waals surface area contributed by atoms with Crippen LogP contribution in [0.5, 0.6) is 0 Å². The lowest BCUT2D eigenvalue weighted by Crippen LogP contribution is -2.45. The zero-order valence-electron chi connectivity index (χ0n) is 15.2. The van der Waals surface area contributed by atoms with Crippen LogP contribution in [0.4, 0.5) is 10.5 Å². The Morgan fingerprint density at radius 2 is 2.04 bits per heavy atom. The molecular formula is C19H25N5O3. The molecule has 2 fully saturated rings. The van der Waals surface area contributed by atoms with Gasteiger partial charge in [0, 0.05) is 38.6 Å². The Morgan fingerprint density at radius 1 is 1.15 bits per heavy atom. The SMILES string of the molecule is O=C(Nc1ccccc1-n1cccn1)N1CCCN([C@H]2COC[C@@H]2O)CC1. The normalized spacial score (nSPS) is 24.0. The topological polar surface area (TPSA) is 82.9 Å². The molecule has 2 amide bonds. The van der Waals surface area contributed by atoms with Crippen molar-refractivity contribution in [1.29, 1.82) is 0 Å². The first-order chi connectivity index (χ1) is 13.2. The van der Waals surface area contributed by atoms with Crippen molar-refractivity contribution in [1.82, 2.24) is 19.6 Å². The van der Waals surface area contributed by atoms with E-state index in [4.69, 9.17) is 4.74 Å². The van der Waals surface area contributed by atoms with Crippen molar-refractivity contribution in [2.75, 3.05) is 44.7 Å². The summed E-state index contributed by atoms with van der Waals surface area (Å²) in [6, 6.07) is 9.40. The number of carbonyl (C=O) groups is 1. The molecule has 0 radical (unpaired) electrons. The Balaban J connectivity index is 1.41. The van der Waals surface area contributed by atoms with Gasteiger partial charge in [0.25, 0.3) is 0 Å². The second-order valence-corrected chi connectivity index (χ2v) is 6.95. The van der Waals surface area contributed by atoms with Gasteiger partial charge in [-0.15, -0.1) is 0 Å². The van der Waals surface area contributed by atoms with Gasteiger partial charge in [0.05, 0.1) is 36.7 Å². The van der Waals surface area contributed by atoms with Gasteiger partial charge in [-0.2, -0.15) is 5.10 Å². The van der Waals surface area contributed by atoms with Crippen LogP contribution >= 0.6 is 0 Å². The van der Waals surface area contributed by atoms with Gasteiger partial charge in [-0.1, -0.05) is 12.1 Å². The van der Waals surface area contributed by atoms with Crippen molar-refractivity contribution in [3.63, 3.8) is 0 Å². The summed E-state index contributed by atoms with van der Waals surface area (Å²) in [6.07, 6.45) is 4.00. The Kier molecular flexibility index (Phi) is 5.38. The fourth-order valence-electron chi connectivity index (χ4n) is 3.74. The van der Waals surface area contributed by atoms with Crippen molar-refractivity contribution < 1.29 is 14.6 Å². The van der Waals surface area contributed by atoms with E-state index < -0.39 is 6.10 Å². The third-order valence-electron chi connectivity index (χ3n) is 5.20. The molecule has 0 aliphatic carbocycles. The first-order valence-corrected chi connectivity index (χ1v) is 9.37. The predicted molar refractivity (Wildman–Crippen MR) is 101 cm³/mol. The molecule has 2 aromatic rings. The Morgan fingerprint density at radius 3 is 2.81 bits per heavy atom. The second kappa shape index (κ2) is 8.08. The lowest BCUT2D eigenvalue weighted by Gasteiger charge is -2.28. The standard InChI is InChI=1S/C19H25N5O3/c25-18-14-27-13-17(18)22-8-4-9-23(12-11-22)19(26)21-15-5-1-2-6-16(15)24-10-3-7-20-24/h1-3,5-7,10,17-18,25H,4,8-9,11-14H2,(H,21,26)/t17-,18-/m0/s1. The lowest BCUT2D eigenvalue weighted by atomic mass is 10.2. The number of anilines is 1. The average Bonchev–Trinajstić information content (AvgIpc) is 3.29. The molecule has 144 valence electrons. The second-order valence-electron chi connectivity index (χ2n) is 6.95. The molecule has 0 unspecified atom stereocenters. The summed E-state index contributed by atoms with van der Waals surface area (Å²) in [5.41, 5.74) is 1.56. The van der Waals surface area contributed by atoms with Crippen LogP contribution in [0.2, 0.25) is 0 Å². The van der Waals surface area contributed by atoms with E-state index in [-0.39, 0.29) is 12.1 Å². The van der Waals surface area contributed by atoms with Crippen LogP contribution in [0.15, 0.2) is 42.7 Å². The number of nitrogens with zero attached hydrogens (tertiary/aromatic N) is 4. The smallest absolute Gasteiger partial charge is 0.321 e. The minimum atomic E-state index is -0.439. The lowest BCUT2D eigenvalue weighted by molar-refractivity contribution is 0.0845. The number of ether oxygens (including phenoxy) is 1. The minimum Gasteiger partial charge on any atom is -0.389 e. The number of aliphatic hydroxyl groups excluding tert-OH is 1. The molecule has 1 aromatic carbocycles. The average molecular weight is 371 g/mol. The zero-order valence-corrected chi connectivity index (χ0v) is 15.2. The van der Waals surface area contributed by atoms with Crippen molar-refractivity contribution in [2.45, 2.75) is 18.6 Å². The third-order valence-corrected chi connectivity index (χ3v) is 5.20. The minimum absolute atomic E-state index is 0.0357. The van der Waals surface area contributed by atoms with Gasteiger partial charge >= 0.3 is 6.03 Å². The van der Waals surface area contributed by atoms with Crippen molar-refractivity contribution in [3.8, 4) is 5.69 Å². The van der Waals surface area contributed by atoms with Gasteiger partial charge in [-0.25, -0.2) is 9.48 Å². The van der Waals surface area contributed by atoms with Gasteiger partial charge < -0.3 is 20.1 Å². The summed E-state index contributed by atoms with van der Waals surface area (Å²) in [5.74, 6) is 0. The summed E-state index contributed by atoms with van der Waals surface area (Å²) in [6.45, 7) is 3.87. The molecule has 2 atom stereocenters. The summed E-state index contributed by atoms with van der Waals surface area (Å²) in [7, 11) is 0. The molecule has 2 N–H and O–H groups in total. The molecule has 2 aliphatic heterocycles. The quantitative estimate of drug-likeness (QED) is 0.846. The maximum absolute atomic E-state index is 12.8. The number of benzene rings is 1. The van der Waals surface area contributed by atoms with Gasteiger partial charge in [-0.05, 0) is 24.6 Å². The van der Waals surface area contributed by atoms with Gasteiger partial charge in [0.15, 0.2) is 0 Å². The van der Waals surface area contributed by atoms with E-state index in [2.05, 4.69) is 15.3 Å². The number of carbonyl (C=O) groups excluding carboxylic acids is 1. The first-order valence-electron chi connectivity index (χ1n) is 9.37. The molecule has 2 aliphatic rings. The highest BCUT2D eigenvalue weighted by molar-refractivity contribution is 5.91. The fourth-order valence-corrected chi connectivity index (χ4v) is 3.74. The monoisotopic (exact) mass is 371 g/mol. The molecule has 3 heterocycles. The molecule has 0 spiro atoms. The van der Waals surface area contributed by atoms with E-state index in [9.17, 15) is 9.90 Å². The highest BCUT2D eigenvalue weighted by Crippen LogP contribution is 2.20. The van der Waals surface area contributed by atoms with E-state index >= 15 is 0 Å². The van der Waals surface area contributed by atoms with Crippen molar-refractivity contribution in [3.05, 3.63) is 42.7 Å². The number of aliphatic hydroxyl groups is 1. The Hall–Kier alpha value is -2.42. The summed E-state index contributed by atoms with van der Waals surface area (Å²) < 4.78 is 7.11. The van der Waals surface area contributed by atoms with Crippen LogP contribution in [0.3, 0.4) is 0 Å². The third kappa shape index (κ3) is 3.97. The number of hydrogen-bond acceptors (Lipinski definition) is 5. The first kappa shape index (κ1) is 18.0. The van der Waals surface area contributed by atoms with Gasteiger partial charge in [0.1, 0.15) is 0 Å². The van der Waals surface area contributed by atoms with E-state index in [0.717, 1.165) is 30.9 Å². The number of para-hydroxylation sites is 2. The number of aromatic nitrogens is 2. The summed E-state index contributed by atoms with van der Waals surface area (Å²) in [5, 5.41) is 17.3. The maximum Gasteiger partial charge on any atom is 0.321 e. The van der Waals surface area contributed by atoms with Crippen LogP contribution in [-0.2, 0) is 4.74 Å². The molecule has 8 nitrogen and oxygen atoms in total. The van der Waals surface area contributed by atoms with Crippen LogP contribution in [0, 0.1) is 0 Å². The highest BCUT2D eigenvalue weighted by atomic mass is 16.5. The van der Waals surface area contributed by atoms with Crippen molar-refractivity contribution >= 4 is 11.7 Å². The highest BCUT2D eigenvalue weighted by Gasteiger charge is 2.33. The molecule has 27 heavy (non-hydrogen) atoms. The molecule has 4 rings (SSSR count). The molecule has 0 bridgehead atoms. The number of rotatable bonds is 3. The molecule has 2 saturated heterocycles. The number of amides is 2. The zero-order chi connectivity index (χ0) is 18.6. The van der Waals surface area contributed by atoms with Gasteiger partial charge in [-0.3, -0.25) is 4.90 Å². The van der Waals surface area contributed by atoms with E-state index in [1.807, 2.05) is 41.4 Å². The number of urea groups is 1. The van der Waals surface area contributed by atoms with Crippen LogP contribution < -0.4 is 5.32 Å². The Bertz CT molecular complexity index is 766. The van der Waals surface area contributed by atoms with E-state index in [0.29, 0.717) is 26.3 Å². The molecule has 0 saturated carbocycles. The number of nitrogens with one attached hydrogen (secondary N) is 1. The maximum atomic E-state index is 12.8.